The monoisotopic (exact) mass is 707 g/mol. The van der Waals surface area contributed by atoms with Crippen LogP contribution in [0.1, 0.15) is 71.4 Å². The van der Waals surface area contributed by atoms with Crippen molar-refractivity contribution in [3.63, 3.8) is 0 Å². The smallest absolute Gasteiger partial charge is 0.410 e. The number of nitriles is 1. The van der Waals surface area contributed by atoms with Crippen LogP contribution in [0.3, 0.4) is 0 Å². The van der Waals surface area contributed by atoms with Crippen LogP contribution in [-0.2, 0) is 20.9 Å². The number of nitrogens with zero attached hydrogens (tertiary/aromatic N) is 5. The minimum absolute atomic E-state index is 0.146. The zero-order chi connectivity index (χ0) is 33.9. The molecule has 0 radical (unpaired) electrons. The van der Waals surface area contributed by atoms with Crippen molar-refractivity contribution >= 4 is 39.5 Å². The molecule has 3 fully saturated rings. The van der Waals surface area contributed by atoms with Gasteiger partial charge in [-0.3, -0.25) is 9.59 Å². The zero-order valence-corrected chi connectivity index (χ0v) is 29.7. The van der Waals surface area contributed by atoms with Crippen molar-refractivity contribution in [1.29, 1.82) is 5.26 Å². The predicted molar refractivity (Wildman–Crippen MR) is 183 cm³/mol. The van der Waals surface area contributed by atoms with Crippen LogP contribution in [0, 0.1) is 17.2 Å². The lowest BCUT2D eigenvalue weighted by Crippen LogP contribution is -2.57. The summed E-state index contributed by atoms with van der Waals surface area (Å²) < 4.78 is 12.8. The molecule has 2 aromatic rings. The molecule has 252 valence electrons. The molecule has 3 aliphatic rings. The Morgan fingerprint density at radius 1 is 0.936 bits per heavy atom. The summed E-state index contributed by atoms with van der Waals surface area (Å²) in [7, 11) is 0. The highest BCUT2D eigenvalue weighted by atomic mass is 79.9. The summed E-state index contributed by atoms with van der Waals surface area (Å²) in [6.45, 7) is 12.4. The first-order valence-electron chi connectivity index (χ1n) is 16.5. The number of piperidine rings is 1. The lowest BCUT2D eigenvalue weighted by molar-refractivity contribution is -0.147. The molecule has 2 heterocycles. The van der Waals surface area contributed by atoms with E-state index in [4.69, 9.17) is 9.47 Å². The van der Waals surface area contributed by atoms with E-state index < -0.39 is 11.2 Å². The molecule has 1 atom stereocenters. The Kier molecular flexibility index (Phi) is 10.4. The molecule has 47 heavy (non-hydrogen) atoms. The van der Waals surface area contributed by atoms with Gasteiger partial charge in [0, 0.05) is 68.1 Å². The molecular formula is C36H46BrN5O5. The maximum Gasteiger partial charge on any atom is 0.410 e. The Morgan fingerprint density at radius 3 is 2.21 bits per heavy atom. The number of halogens is 1. The lowest BCUT2D eigenvalue weighted by atomic mass is 9.95. The molecule has 0 unspecified atom stereocenters. The Morgan fingerprint density at radius 2 is 1.60 bits per heavy atom. The number of hydrogen-bond acceptors (Lipinski definition) is 7. The number of benzene rings is 2. The van der Waals surface area contributed by atoms with Crippen LogP contribution in [0.25, 0.3) is 0 Å². The highest BCUT2D eigenvalue weighted by Gasteiger charge is 2.39. The quantitative estimate of drug-likeness (QED) is 0.333. The van der Waals surface area contributed by atoms with E-state index in [9.17, 15) is 19.6 Å². The minimum Gasteiger partial charge on any atom is -0.478 e. The molecule has 0 bridgehead atoms. The van der Waals surface area contributed by atoms with E-state index in [-0.39, 0.29) is 23.8 Å². The average Bonchev–Trinajstić information content (AvgIpc) is 3.88. The number of piperazine rings is 1. The summed E-state index contributed by atoms with van der Waals surface area (Å²) in [5, 5.41) is 9.87. The summed E-state index contributed by atoms with van der Waals surface area (Å²) in [4.78, 5) is 47.5. The van der Waals surface area contributed by atoms with Crippen molar-refractivity contribution < 1.29 is 23.9 Å². The van der Waals surface area contributed by atoms with Crippen molar-refractivity contribution in [2.45, 2.75) is 84.1 Å². The summed E-state index contributed by atoms with van der Waals surface area (Å²) in [6.07, 6.45) is 3.38. The first-order valence-corrected chi connectivity index (χ1v) is 17.3. The second kappa shape index (κ2) is 14.1. The highest BCUT2D eigenvalue weighted by molar-refractivity contribution is 9.10. The van der Waals surface area contributed by atoms with E-state index in [0.717, 1.165) is 48.0 Å². The van der Waals surface area contributed by atoms with Gasteiger partial charge < -0.3 is 29.1 Å². The standard InChI is InChI=1S/C36H46BrN5O5/c1-35(2,3)47-34(45)40-17-15-39(16-18-40)33(44)36(4,5)46-31-20-26(22-38)19-30(21-31)41-14-6-7-27(24-41)32(43)42(29-12-13-29)23-25-8-10-28(37)11-9-25/h8-11,19-21,27,29H,6-7,12-18,23-24H2,1-5H3/t27-/m1/s1. The van der Waals surface area contributed by atoms with Gasteiger partial charge in [-0.05, 0) is 90.1 Å². The number of ether oxygens (including phenoxy) is 2. The van der Waals surface area contributed by atoms with E-state index in [2.05, 4.69) is 43.9 Å². The van der Waals surface area contributed by atoms with Gasteiger partial charge in [0.1, 0.15) is 11.4 Å². The summed E-state index contributed by atoms with van der Waals surface area (Å²) in [6, 6.07) is 16.0. The largest absolute Gasteiger partial charge is 0.478 e. The summed E-state index contributed by atoms with van der Waals surface area (Å²) >= 11 is 3.49. The van der Waals surface area contributed by atoms with Crippen LogP contribution >= 0.6 is 15.9 Å². The lowest BCUT2D eigenvalue weighted by Gasteiger charge is -2.39. The molecule has 1 aliphatic carbocycles. The van der Waals surface area contributed by atoms with Crippen molar-refractivity contribution in [2.75, 3.05) is 44.2 Å². The number of carbonyl (C=O) groups excluding carboxylic acids is 3. The topological polar surface area (TPSA) is 106 Å². The Balaban J connectivity index is 1.24. The molecule has 3 amide bonds. The number of hydrogen-bond donors (Lipinski definition) is 0. The Hall–Kier alpha value is -3.78. The van der Waals surface area contributed by atoms with Gasteiger partial charge >= 0.3 is 6.09 Å². The van der Waals surface area contributed by atoms with E-state index >= 15 is 0 Å². The number of rotatable bonds is 8. The SMILES string of the molecule is CC(C)(C)OC(=O)N1CCN(C(=O)C(C)(C)Oc2cc(C#N)cc(N3CCC[C@@H](C(=O)N(Cc4ccc(Br)cc4)C4CC4)C3)c2)CC1. The maximum absolute atomic E-state index is 13.9. The van der Waals surface area contributed by atoms with E-state index in [1.807, 2.05) is 45.0 Å². The van der Waals surface area contributed by atoms with Crippen molar-refractivity contribution in [3.8, 4) is 11.8 Å². The van der Waals surface area contributed by atoms with Gasteiger partial charge in [0.25, 0.3) is 5.91 Å². The molecule has 0 N–H and O–H groups in total. The van der Waals surface area contributed by atoms with Crippen LogP contribution in [0.4, 0.5) is 10.5 Å². The second-order valence-electron chi connectivity index (χ2n) is 14.3. The van der Waals surface area contributed by atoms with Crippen LogP contribution in [0.5, 0.6) is 5.75 Å². The van der Waals surface area contributed by atoms with Crippen LogP contribution in [-0.4, -0.2) is 89.1 Å². The number of carbonyl (C=O) groups is 3. The Labute approximate surface area is 286 Å². The van der Waals surface area contributed by atoms with Crippen LogP contribution < -0.4 is 9.64 Å². The van der Waals surface area contributed by atoms with Gasteiger partial charge in [-0.1, -0.05) is 28.1 Å². The third kappa shape index (κ3) is 8.98. The summed E-state index contributed by atoms with van der Waals surface area (Å²) in [5.74, 6) is 0.270. The van der Waals surface area contributed by atoms with Crippen LogP contribution in [0.15, 0.2) is 46.9 Å². The average molecular weight is 709 g/mol. The molecule has 2 aliphatic heterocycles. The fourth-order valence-corrected chi connectivity index (χ4v) is 6.50. The second-order valence-corrected chi connectivity index (χ2v) is 15.2. The zero-order valence-electron chi connectivity index (χ0n) is 28.1. The third-order valence-corrected chi connectivity index (χ3v) is 9.33. The molecule has 1 saturated carbocycles. The summed E-state index contributed by atoms with van der Waals surface area (Å²) in [5.41, 5.74) is 0.550. The molecule has 0 spiro atoms. The molecule has 11 heteroatoms. The van der Waals surface area contributed by atoms with Crippen molar-refractivity contribution in [1.82, 2.24) is 14.7 Å². The Bertz CT molecular complexity index is 1500. The number of amides is 3. The molecule has 0 aromatic heterocycles. The maximum atomic E-state index is 13.9. The van der Waals surface area contributed by atoms with Crippen LogP contribution in [0.2, 0.25) is 0 Å². The number of anilines is 1. The third-order valence-electron chi connectivity index (χ3n) is 8.80. The highest BCUT2D eigenvalue weighted by Crippen LogP contribution is 2.34. The fraction of sp³-hybridized carbons (Fsp3) is 0.556. The minimum atomic E-state index is -1.21. The molecule has 10 nitrogen and oxygen atoms in total. The van der Waals surface area contributed by atoms with Crippen molar-refractivity contribution in [2.24, 2.45) is 5.92 Å². The fourth-order valence-electron chi connectivity index (χ4n) is 6.23. The molecule has 2 saturated heterocycles. The molecular weight excluding hydrogens is 662 g/mol. The van der Waals surface area contributed by atoms with Crippen molar-refractivity contribution in [3.05, 3.63) is 58.1 Å². The first-order chi connectivity index (χ1) is 22.2. The molecule has 2 aromatic carbocycles. The predicted octanol–water partition coefficient (Wildman–Crippen LogP) is 5.97. The van der Waals surface area contributed by atoms with Gasteiger partial charge in [-0.2, -0.15) is 5.26 Å². The normalized spacial score (nSPS) is 18.7. The first kappa shape index (κ1) is 34.6. The van der Waals surface area contributed by atoms with Gasteiger partial charge in [-0.15, -0.1) is 0 Å². The van der Waals surface area contributed by atoms with Gasteiger partial charge in [0.2, 0.25) is 5.91 Å². The van der Waals surface area contributed by atoms with E-state index in [0.29, 0.717) is 56.6 Å². The van der Waals surface area contributed by atoms with Gasteiger partial charge in [0.05, 0.1) is 17.6 Å². The van der Waals surface area contributed by atoms with E-state index in [1.54, 1.807) is 29.7 Å². The van der Waals surface area contributed by atoms with Gasteiger partial charge in [-0.25, -0.2) is 4.79 Å². The van der Waals surface area contributed by atoms with E-state index in [1.165, 1.54) is 0 Å². The van der Waals surface area contributed by atoms with Gasteiger partial charge in [0.15, 0.2) is 5.60 Å². The molecule has 5 rings (SSSR count).